The summed E-state index contributed by atoms with van der Waals surface area (Å²) in [5.41, 5.74) is 1.18. The van der Waals surface area contributed by atoms with Crippen LogP contribution in [-0.2, 0) is 6.42 Å². The highest BCUT2D eigenvalue weighted by Gasteiger charge is 2.29. The molecule has 1 N–H and O–H groups in total. The molecule has 0 aromatic heterocycles. The molecule has 0 heterocycles. The molecule has 0 saturated heterocycles. The minimum absolute atomic E-state index is 0.196. The standard InChI is InChI=1S/C14H19ClO/c1-10-3-2-4-13(10)14(16)9-11-5-7-12(15)8-6-11/h5-8,10,13-14,16H,2-4,9H2,1H3. The topological polar surface area (TPSA) is 20.2 Å². The van der Waals surface area contributed by atoms with Gasteiger partial charge in [0.1, 0.15) is 0 Å². The summed E-state index contributed by atoms with van der Waals surface area (Å²) in [7, 11) is 0. The smallest absolute Gasteiger partial charge is 0.0611 e. The fourth-order valence-electron chi connectivity index (χ4n) is 2.76. The van der Waals surface area contributed by atoms with Gasteiger partial charge >= 0.3 is 0 Å². The summed E-state index contributed by atoms with van der Waals surface area (Å²) in [5, 5.41) is 11.0. The molecular formula is C14H19ClO. The van der Waals surface area contributed by atoms with E-state index >= 15 is 0 Å². The van der Waals surface area contributed by atoms with Gasteiger partial charge in [-0.3, -0.25) is 0 Å². The van der Waals surface area contributed by atoms with Gasteiger partial charge in [-0.15, -0.1) is 0 Å². The maximum absolute atomic E-state index is 10.2. The maximum atomic E-state index is 10.2. The zero-order valence-corrected chi connectivity index (χ0v) is 10.5. The van der Waals surface area contributed by atoms with Gasteiger partial charge in [-0.2, -0.15) is 0 Å². The van der Waals surface area contributed by atoms with E-state index in [0.29, 0.717) is 11.8 Å². The molecule has 16 heavy (non-hydrogen) atoms. The summed E-state index contributed by atoms with van der Waals surface area (Å²) in [6.45, 7) is 2.25. The average molecular weight is 239 g/mol. The van der Waals surface area contributed by atoms with E-state index in [1.165, 1.54) is 24.8 Å². The van der Waals surface area contributed by atoms with Gasteiger partial charge in [0.15, 0.2) is 0 Å². The van der Waals surface area contributed by atoms with Crippen molar-refractivity contribution < 1.29 is 5.11 Å². The zero-order valence-electron chi connectivity index (χ0n) is 9.70. The number of aliphatic hydroxyl groups is 1. The van der Waals surface area contributed by atoms with Crippen LogP contribution in [0.25, 0.3) is 0 Å². The van der Waals surface area contributed by atoms with E-state index in [-0.39, 0.29) is 6.10 Å². The molecule has 0 amide bonds. The molecule has 1 nitrogen and oxygen atoms in total. The van der Waals surface area contributed by atoms with Crippen molar-refractivity contribution in [2.24, 2.45) is 11.8 Å². The third kappa shape index (κ3) is 2.78. The molecule has 3 atom stereocenters. The fraction of sp³-hybridized carbons (Fsp3) is 0.571. The molecule has 0 radical (unpaired) electrons. The molecule has 88 valence electrons. The second kappa shape index (κ2) is 5.20. The highest BCUT2D eigenvalue weighted by molar-refractivity contribution is 6.30. The van der Waals surface area contributed by atoms with E-state index in [0.717, 1.165) is 11.4 Å². The highest BCUT2D eigenvalue weighted by Crippen LogP contribution is 2.34. The van der Waals surface area contributed by atoms with E-state index < -0.39 is 0 Å². The van der Waals surface area contributed by atoms with E-state index in [2.05, 4.69) is 6.92 Å². The summed E-state index contributed by atoms with van der Waals surface area (Å²) < 4.78 is 0. The van der Waals surface area contributed by atoms with Crippen LogP contribution in [0.15, 0.2) is 24.3 Å². The van der Waals surface area contributed by atoms with Crippen molar-refractivity contribution in [3.8, 4) is 0 Å². The van der Waals surface area contributed by atoms with Crippen molar-refractivity contribution in [3.63, 3.8) is 0 Å². The monoisotopic (exact) mass is 238 g/mol. The normalized spacial score (nSPS) is 26.9. The van der Waals surface area contributed by atoms with Gasteiger partial charge in [0.05, 0.1) is 6.10 Å². The zero-order chi connectivity index (χ0) is 11.5. The molecule has 1 saturated carbocycles. The number of hydrogen-bond acceptors (Lipinski definition) is 1. The highest BCUT2D eigenvalue weighted by atomic mass is 35.5. The summed E-state index contributed by atoms with van der Waals surface area (Å²) in [6.07, 6.45) is 4.27. The lowest BCUT2D eigenvalue weighted by atomic mass is 9.89. The van der Waals surface area contributed by atoms with Gasteiger partial charge in [-0.05, 0) is 42.4 Å². The molecule has 0 spiro atoms. The quantitative estimate of drug-likeness (QED) is 0.852. The SMILES string of the molecule is CC1CCCC1C(O)Cc1ccc(Cl)cc1. The Bertz CT molecular complexity index is 333. The van der Waals surface area contributed by atoms with Crippen molar-refractivity contribution in [2.75, 3.05) is 0 Å². The van der Waals surface area contributed by atoms with Crippen LogP contribution >= 0.6 is 11.6 Å². The molecule has 1 aliphatic carbocycles. The average Bonchev–Trinajstić information content (AvgIpc) is 2.68. The van der Waals surface area contributed by atoms with Crippen LogP contribution in [0.1, 0.15) is 31.7 Å². The second-order valence-electron chi connectivity index (χ2n) is 4.97. The number of rotatable bonds is 3. The number of benzene rings is 1. The predicted molar refractivity (Wildman–Crippen MR) is 67.7 cm³/mol. The molecule has 2 heteroatoms. The number of halogens is 1. The Labute approximate surface area is 102 Å². The van der Waals surface area contributed by atoms with Crippen molar-refractivity contribution >= 4 is 11.6 Å². The van der Waals surface area contributed by atoms with E-state index in [4.69, 9.17) is 11.6 Å². The first-order valence-corrected chi connectivity index (χ1v) is 6.47. The lowest BCUT2D eigenvalue weighted by Crippen LogP contribution is -2.24. The summed E-state index contributed by atoms with van der Waals surface area (Å²) in [6, 6.07) is 7.79. The molecule has 0 aliphatic heterocycles. The lowest BCUT2D eigenvalue weighted by Gasteiger charge is -2.22. The number of hydrogen-bond donors (Lipinski definition) is 1. The lowest BCUT2D eigenvalue weighted by molar-refractivity contribution is 0.0902. The molecule has 3 unspecified atom stereocenters. The summed E-state index contributed by atoms with van der Waals surface area (Å²) in [4.78, 5) is 0. The summed E-state index contributed by atoms with van der Waals surface area (Å²) in [5.74, 6) is 1.15. The minimum Gasteiger partial charge on any atom is -0.392 e. The van der Waals surface area contributed by atoms with Gasteiger partial charge in [0, 0.05) is 5.02 Å². The van der Waals surface area contributed by atoms with Crippen molar-refractivity contribution in [1.82, 2.24) is 0 Å². The fourth-order valence-corrected chi connectivity index (χ4v) is 2.89. The Balaban J connectivity index is 1.96. The van der Waals surface area contributed by atoms with Gasteiger partial charge in [-0.25, -0.2) is 0 Å². The van der Waals surface area contributed by atoms with Crippen molar-refractivity contribution in [2.45, 2.75) is 38.7 Å². The largest absolute Gasteiger partial charge is 0.392 e. The Hall–Kier alpha value is -0.530. The molecular weight excluding hydrogens is 220 g/mol. The first-order valence-electron chi connectivity index (χ1n) is 6.09. The van der Waals surface area contributed by atoms with Crippen molar-refractivity contribution in [1.29, 1.82) is 0 Å². The molecule has 1 aromatic rings. The van der Waals surface area contributed by atoms with Gasteiger partial charge < -0.3 is 5.11 Å². The Morgan fingerprint density at radius 3 is 2.56 bits per heavy atom. The third-order valence-electron chi connectivity index (χ3n) is 3.78. The Morgan fingerprint density at radius 2 is 2.00 bits per heavy atom. The third-order valence-corrected chi connectivity index (χ3v) is 4.03. The van der Waals surface area contributed by atoms with Crippen LogP contribution in [0.5, 0.6) is 0 Å². The van der Waals surface area contributed by atoms with E-state index in [9.17, 15) is 5.11 Å². The Morgan fingerprint density at radius 1 is 1.31 bits per heavy atom. The van der Waals surface area contributed by atoms with E-state index in [1.807, 2.05) is 24.3 Å². The van der Waals surface area contributed by atoms with Crippen LogP contribution in [-0.4, -0.2) is 11.2 Å². The molecule has 1 aromatic carbocycles. The first kappa shape index (κ1) is 11.9. The van der Waals surface area contributed by atoms with Crippen LogP contribution in [0.2, 0.25) is 5.02 Å². The molecule has 1 aliphatic rings. The van der Waals surface area contributed by atoms with Gasteiger partial charge in [0.2, 0.25) is 0 Å². The predicted octanol–water partition coefficient (Wildman–Crippen LogP) is 3.68. The van der Waals surface area contributed by atoms with Gasteiger partial charge in [-0.1, -0.05) is 43.5 Å². The van der Waals surface area contributed by atoms with Crippen LogP contribution < -0.4 is 0 Å². The second-order valence-corrected chi connectivity index (χ2v) is 5.41. The van der Waals surface area contributed by atoms with Gasteiger partial charge in [0.25, 0.3) is 0 Å². The molecule has 1 fully saturated rings. The molecule has 0 bridgehead atoms. The van der Waals surface area contributed by atoms with E-state index in [1.54, 1.807) is 0 Å². The number of aliphatic hydroxyl groups excluding tert-OH is 1. The minimum atomic E-state index is -0.196. The summed E-state index contributed by atoms with van der Waals surface area (Å²) >= 11 is 5.84. The van der Waals surface area contributed by atoms with Crippen LogP contribution in [0.3, 0.4) is 0 Å². The molecule has 2 rings (SSSR count). The van der Waals surface area contributed by atoms with Crippen LogP contribution in [0, 0.1) is 11.8 Å². The van der Waals surface area contributed by atoms with Crippen molar-refractivity contribution in [3.05, 3.63) is 34.9 Å². The first-order chi connectivity index (χ1) is 7.66. The maximum Gasteiger partial charge on any atom is 0.0611 e. The van der Waals surface area contributed by atoms with Crippen LogP contribution in [0.4, 0.5) is 0 Å². The Kier molecular flexibility index (Phi) is 3.88.